The minimum Gasteiger partial charge on any atom is -0.289 e. The molecule has 3 rings (SSSR count). The van der Waals surface area contributed by atoms with Crippen molar-refractivity contribution in [3.63, 3.8) is 0 Å². The fourth-order valence-electron chi connectivity index (χ4n) is 2.12. The molecule has 1 aliphatic carbocycles. The number of allylic oxidation sites excluding steroid dienone is 2. The van der Waals surface area contributed by atoms with Gasteiger partial charge in [-0.3, -0.25) is 9.59 Å². The van der Waals surface area contributed by atoms with Crippen molar-refractivity contribution in [3.05, 3.63) is 83.4 Å². The summed E-state index contributed by atoms with van der Waals surface area (Å²) in [5, 5.41) is 4.11. The summed E-state index contributed by atoms with van der Waals surface area (Å²) in [6, 6.07) is 16.0. The van der Waals surface area contributed by atoms with E-state index in [2.05, 4.69) is 10.5 Å². The van der Waals surface area contributed by atoms with Gasteiger partial charge in [-0.1, -0.05) is 42.5 Å². The molecule has 1 N–H and O–H groups in total. The molecule has 1 aliphatic rings. The third kappa shape index (κ3) is 2.65. The third-order valence-electron chi connectivity index (χ3n) is 3.17. The molecule has 2 aromatic carbocycles. The van der Waals surface area contributed by atoms with Crippen molar-refractivity contribution in [3.8, 4) is 0 Å². The van der Waals surface area contributed by atoms with Crippen molar-refractivity contribution < 1.29 is 9.59 Å². The van der Waals surface area contributed by atoms with E-state index in [1.54, 1.807) is 42.5 Å². The fraction of sp³-hybridized carbons (Fsp3) is 0. The standard InChI is InChI=1S/C17H12N2O2/c20-16-11-10-15(13-8-4-5-9-14(13)16)18-19-17(21)12-6-2-1-3-7-12/h1-11H,(H,19,21). The number of hydrogen-bond acceptors (Lipinski definition) is 3. The van der Waals surface area contributed by atoms with Crippen molar-refractivity contribution in [1.82, 2.24) is 5.43 Å². The molecule has 0 bridgehead atoms. The first-order valence-electron chi connectivity index (χ1n) is 6.50. The summed E-state index contributed by atoms with van der Waals surface area (Å²) in [5.41, 5.74) is 4.92. The Labute approximate surface area is 121 Å². The van der Waals surface area contributed by atoms with E-state index in [-0.39, 0.29) is 11.7 Å². The Kier molecular flexibility index (Phi) is 3.43. The lowest BCUT2D eigenvalue weighted by molar-refractivity contribution is 0.0954. The van der Waals surface area contributed by atoms with Gasteiger partial charge in [-0.05, 0) is 24.3 Å². The molecule has 1 amide bonds. The van der Waals surface area contributed by atoms with Gasteiger partial charge in [0.15, 0.2) is 5.78 Å². The highest BCUT2D eigenvalue weighted by atomic mass is 16.2. The molecular formula is C17H12N2O2. The predicted octanol–water partition coefficient (Wildman–Crippen LogP) is 2.57. The number of amides is 1. The number of carbonyl (C=O) groups excluding carboxylic acids is 2. The number of hydrogen-bond donors (Lipinski definition) is 1. The first-order chi connectivity index (χ1) is 10.3. The summed E-state index contributed by atoms with van der Waals surface area (Å²) < 4.78 is 0. The van der Waals surface area contributed by atoms with E-state index in [1.165, 1.54) is 6.08 Å². The van der Waals surface area contributed by atoms with Crippen LogP contribution in [0.1, 0.15) is 26.3 Å². The molecule has 0 atom stereocenters. The van der Waals surface area contributed by atoms with E-state index < -0.39 is 0 Å². The van der Waals surface area contributed by atoms with E-state index in [4.69, 9.17) is 0 Å². The van der Waals surface area contributed by atoms with Gasteiger partial charge in [0.1, 0.15) is 0 Å². The quantitative estimate of drug-likeness (QED) is 0.857. The number of rotatable bonds is 2. The average Bonchev–Trinajstić information content (AvgIpc) is 2.55. The molecule has 2 aromatic rings. The Hall–Kier alpha value is -3.01. The van der Waals surface area contributed by atoms with E-state index in [1.807, 2.05) is 18.2 Å². The van der Waals surface area contributed by atoms with Crippen LogP contribution in [0.2, 0.25) is 0 Å². The van der Waals surface area contributed by atoms with Crippen LogP contribution in [0.3, 0.4) is 0 Å². The lowest BCUT2D eigenvalue weighted by Gasteiger charge is -2.11. The Morgan fingerprint density at radius 2 is 1.52 bits per heavy atom. The van der Waals surface area contributed by atoms with Gasteiger partial charge < -0.3 is 0 Å². The van der Waals surface area contributed by atoms with Crippen LogP contribution in [0.15, 0.2) is 71.9 Å². The van der Waals surface area contributed by atoms with Gasteiger partial charge >= 0.3 is 0 Å². The summed E-state index contributed by atoms with van der Waals surface area (Å²) in [4.78, 5) is 23.7. The number of nitrogens with zero attached hydrogens (tertiary/aromatic N) is 1. The van der Waals surface area contributed by atoms with Gasteiger partial charge in [0.2, 0.25) is 0 Å². The van der Waals surface area contributed by atoms with E-state index in [0.717, 1.165) is 5.56 Å². The summed E-state index contributed by atoms with van der Waals surface area (Å²) in [7, 11) is 0. The number of fused-ring (bicyclic) bond motifs is 1. The average molecular weight is 276 g/mol. The molecule has 0 radical (unpaired) electrons. The van der Waals surface area contributed by atoms with Crippen LogP contribution in [-0.4, -0.2) is 17.4 Å². The van der Waals surface area contributed by atoms with E-state index >= 15 is 0 Å². The summed E-state index contributed by atoms with van der Waals surface area (Å²) in [6.07, 6.45) is 3.06. The number of carbonyl (C=O) groups is 2. The van der Waals surface area contributed by atoms with Gasteiger partial charge in [0.05, 0.1) is 5.71 Å². The minimum atomic E-state index is -0.286. The first-order valence-corrected chi connectivity index (χ1v) is 6.50. The van der Waals surface area contributed by atoms with Crippen molar-refractivity contribution in [1.29, 1.82) is 0 Å². The molecule has 0 aliphatic heterocycles. The van der Waals surface area contributed by atoms with Crippen LogP contribution in [-0.2, 0) is 0 Å². The second kappa shape index (κ2) is 5.54. The van der Waals surface area contributed by atoms with Gasteiger partial charge in [0.25, 0.3) is 5.91 Å². The highest BCUT2D eigenvalue weighted by Crippen LogP contribution is 2.16. The zero-order valence-electron chi connectivity index (χ0n) is 11.1. The molecule has 0 spiro atoms. The summed E-state index contributed by atoms with van der Waals surface area (Å²) >= 11 is 0. The molecule has 0 unspecified atom stereocenters. The zero-order chi connectivity index (χ0) is 14.7. The largest absolute Gasteiger partial charge is 0.289 e. The molecule has 0 aromatic heterocycles. The number of benzene rings is 2. The van der Waals surface area contributed by atoms with Crippen molar-refractivity contribution in [2.24, 2.45) is 5.10 Å². The van der Waals surface area contributed by atoms with Crippen LogP contribution >= 0.6 is 0 Å². The lowest BCUT2D eigenvalue weighted by atomic mass is 9.94. The summed E-state index contributed by atoms with van der Waals surface area (Å²) in [5.74, 6) is -0.343. The maximum absolute atomic E-state index is 12.0. The second-order valence-electron chi connectivity index (χ2n) is 4.55. The number of nitrogens with one attached hydrogen (secondary N) is 1. The Bertz CT molecular complexity index is 761. The minimum absolute atomic E-state index is 0.0565. The second-order valence-corrected chi connectivity index (χ2v) is 4.55. The topological polar surface area (TPSA) is 58.5 Å². The summed E-state index contributed by atoms with van der Waals surface area (Å²) in [6.45, 7) is 0. The van der Waals surface area contributed by atoms with Crippen molar-refractivity contribution >= 4 is 17.4 Å². The monoisotopic (exact) mass is 276 g/mol. The van der Waals surface area contributed by atoms with Crippen LogP contribution in [0.25, 0.3) is 0 Å². The number of hydrazone groups is 1. The van der Waals surface area contributed by atoms with Gasteiger partial charge in [-0.25, -0.2) is 5.43 Å². The van der Waals surface area contributed by atoms with Gasteiger partial charge in [-0.15, -0.1) is 0 Å². The zero-order valence-corrected chi connectivity index (χ0v) is 11.1. The van der Waals surface area contributed by atoms with Crippen LogP contribution in [0.5, 0.6) is 0 Å². The molecular weight excluding hydrogens is 264 g/mol. The lowest BCUT2D eigenvalue weighted by Crippen LogP contribution is -2.21. The maximum atomic E-state index is 12.0. The number of ketones is 1. The van der Waals surface area contributed by atoms with E-state index in [9.17, 15) is 9.59 Å². The van der Waals surface area contributed by atoms with Gasteiger partial charge in [0, 0.05) is 16.7 Å². The predicted molar refractivity (Wildman–Crippen MR) is 80.4 cm³/mol. The van der Waals surface area contributed by atoms with Crippen LogP contribution in [0.4, 0.5) is 0 Å². The molecule has 102 valence electrons. The molecule has 0 heterocycles. The Balaban J connectivity index is 1.86. The molecule has 4 nitrogen and oxygen atoms in total. The van der Waals surface area contributed by atoms with Gasteiger partial charge in [-0.2, -0.15) is 5.10 Å². The molecule has 0 fully saturated rings. The van der Waals surface area contributed by atoms with E-state index in [0.29, 0.717) is 16.8 Å². The Morgan fingerprint density at radius 3 is 2.29 bits per heavy atom. The molecule has 4 heteroatoms. The third-order valence-corrected chi connectivity index (χ3v) is 3.17. The fourth-order valence-corrected chi connectivity index (χ4v) is 2.12. The van der Waals surface area contributed by atoms with Crippen LogP contribution < -0.4 is 5.43 Å². The Morgan fingerprint density at radius 1 is 0.857 bits per heavy atom. The SMILES string of the molecule is O=C(NN=C1C=CC(=O)c2ccccc21)c1ccccc1. The van der Waals surface area contributed by atoms with Crippen molar-refractivity contribution in [2.75, 3.05) is 0 Å². The molecule has 0 saturated carbocycles. The molecule has 0 saturated heterocycles. The smallest absolute Gasteiger partial charge is 0.271 e. The highest BCUT2D eigenvalue weighted by Gasteiger charge is 2.16. The maximum Gasteiger partial charge on any atom is 0.271 e. The van der Waals surface area contributed by atoms with Crippen molar-refractivity contribution in [2.45, 2.75) is 0 Å². The van der Waals surface area contributed by atoms with Crippen LogP contribution in [0, 0.1) is 0 Å². The highest BCUT2D eigenvalue weighted by molar-refractivity contribution is 6.24. The molecule has 21 heavy (non-hydrogen) atoms. The normalized spacial score (nSPS) is 14.9. The first kappa shape index (κ1) is 13.0.